The Bertz CT molecular complexity index is 318. The van der Waals surface area contributed by atoms with Gasteiger partial charge in [-0.3, -0.25) is 5.43 Å². The molecule has 7 heteroatoms. The van der Waals surface area contributed by atoms with Gasteiger partial charge in [-0.05, 0) is 6.42 Å². The molecule has 0 spiro atoms. The lowest BCUT2D eigenvalue weighted by Crippen LogP contribution is -2.24. The number of hydrogen-bond donors (Lipinski definition) is 4. The summed E-state index contributed by atoms with van der Waals surface area (Å²) in [5, 5.41) is 11.7. The highest BCUT2D eigenvalue weighted by molar-refractivity contribution is 5.41. The summed E-state index contributed by atoms with van der Waals surface area (Å²) in [6.07, 6.45) is 1.67. The predicted molar refractivity (Wildman–Crippen MR) is 54.6 cm³/mol. The van der Waals surface area contributed by atoms with Crippen LogP contribution in [0.2, 0.25) is 0 Å². The van der Waals surface area contributed by atoms with E-state index in [1.807, 2.05) is 6.92 Å². The number of hydrogen-bond acceptors (Lipinski definition) is 6. The van der Waals surface area contributed by atoms with Gasteiger partial charge in [0.15, 0.2) is 11.6 Å². The second-order valence-electron chi connectivity index (χ2n) is 2.97. The van der Waals surface area contributed by atoms with Crippen molar-refractivity contribution in [3.63, 3.8) is 0 Å². The molecular weight excluding hydrogens is 201 g/mol. The summed E-state index contributed by atoms with van der Waals surface area (Å²) in [6.45, 7) is 1.78. The summed E-state index contributed by atoms with van der Waals surface area (Å²) < 4.78 is 13.2. The Hall–Kier alpha value is -1.47. The van der Waals surface area contributed by atoms with Crippen molar-refractivity contribution in [2.75, 3.05) is 17.3 Å². The van der Waals surface area contributed by atoms with Crippen molar-refractivity contribution in [3.05, 3.63) is 12.0 Å². The van der Waals surface area contributed by atoms with Gasteiger partial charge in [0, 0.05) is 0 Å². The maximum absolute atomic E-state index is 13.2. The Morgan fingerprint density at radius 2 is 2.40 bits per heavy atom. The van der Waals surface area contributed by atoms with Gasteiger partial charge in [-0.25, -0.2) is 15.2 Å². The highest BCUT2D eigenvalue weighted by Gasteiger charge is 2.10. The molecule has 0 fully saturated rings. The molecule has 1 atom stereocenters. The number of aliphatic hydroxyl groups is 1. The standard InChI is InChI=1S/C8H14FN5O/c1-2-5(4-15)12-7-6(9)3-11-8(13-7)14-10/h3,5,15H,2,4,10H2,1H3,(H2,11,12,13,14). The Labute approximate surface area is 86.7 Å². The maximum atomic E-state index is 13.2. The third-order valence-electron chi connectivity index (χ3n) is 1.93. The molecule has 1 aromatic rings. The van der Waals surface area contributed by atoms with E-state index >= 15 is 0 Å². The van der Waals surface area contributed by atoms with Crippen LogP contribution in [0.25, 0.3) is 0 Å². The van der Waals surface area contributed by atoms with Gasteiger partial charge in [0.2, 0.25) is 5.95 Å². The molecule has 5 N–H and O–H groups in total. The summed E-state index contributed by atoms with van der Waals surface area (Å²) in [4.78, 5) is 7.37. The minimum absolute atomic E-state index is 0.0267. The molecule has 1 unspecified atom stereocenters. The maximum Gasteiger partial charge on any atom is 0.239 e. The zero-order chi connectivity index (χ0) is 11.3. The first-order valence-corrected chi connectivity index (χ1v) is 4.57. The van der Waals surface area contributed by atoms with Crippen molar-refractivity contribution in [3.8, 4) is 0 Å². The Morgan fingerprint density at radius 3 is 2.93 bits per heavy atom. The van der Waals surface area contributed by atoms with Crippen LogP contribution < -0.4 is 16.6 Å². The minimum Gasteiger partial charge on any atom is -0.394 e. The number of rotatable bonds is 5. The van der Waals surface area contributed by atoms with Crippen LogP contribution in [0.3, 0.4) is 0 Å². The molecule has 6 nitrogen and oxygen atoms in total. The number of nitrogens with one attached hydrogen (secondary N) is 2. The van der Waals surface area contributed by atoms with Crippen LogP contribution in [-0.4, -0.2) is 27.7 Å². The molecule has 0 bridgehead atoms. The van der Waals surface area contributed by atoms with Gasteiger partial charge in [0.05, 0.1) is 18.8 Å². The molecule has 0 saturated carbocycles. The van der Waals surface area contributed by atoms with Crippen LogP contribution in [0.5, 0.6) is 0 Å². The van der Waals surface area contributed by atoms with Crippen molar-refractivity contribution in [1.82, 2.24) is 9.97 Å². The molecule has 0 aliphatic rings. The average molecular weight is 215 g/mol. The predicted octanol–water partition coefficient (Wildman–Crippen LogP) is 0.0841. The SMILES string of the molecule is CCC(CO)Nc1nc(NN)ncc1F. The van der Waals surface area contributed by atoms with Crippen LogP contribution in [0.4, 0.5) is 16.2 Å². The first-order chi connectivity index (χ1) is 7.21. The number of nitrogen functional groups attached to an aromatic ring is 1. The number of halogens is 1. The third-order valence-corrected chi connectivity index (χ3v) is 1.93. The Kier molecular flexibility index (Phi) is 4.19. The van der Waals surface area contributed by atoms with E-state index in [1.54, 1.807) is 0 Å². The number of nitrogens with zero attached hydrogens (tertiary/aromatic N) is 2. The fourth-order valence-corrected chi connectivity index (χ4v) is 1.01. The quantitative estimate of drug-likeness (QED) is 0.410. The topological polar surface area (TPSA) is 96.1 Å². The van der Waals surface area contributed by atoms with E-state index in [-0.39, 0.29) is 24.4 Å². The molecule has 0 saturated heterocycles. The molecular formula is C8H14FN5O. The van der Waals surface area contributed by atoms with E-state index in [9.17, 15) is 4.39 Å². The lowest BCUT2D eigenvalue weighted by atomic mass is 10.2. The van der Waals surface area contributed by atoms with E-state index in [4.69, 9.17) is 10.9 Å². The minimum atomic E-state index is -0.582. The molecule has 1 aromatic heterocycles. The van der Waals surface area contributed by atoms with Gasteiger partial charge in [-0.2, -0.15) is 4.98 Å². The highest BCUT2D eigenvalue weighted by Crippen LogP contribution is 2.13. The number of aliphatic hydroxyl groups excluding tert-OH is 1. The highest BCUT2D eigenvalue weighted by atomic mass is 19.1. The molecule has 1 heterocycles. The van der Waals surface area contributed by atoms with Gasteiger partial charge in [-0.15, -0.1) is 0 Å². The number of anilines is 2. The third kappa shape index (κ3) is 3.00. The molecule has 15 heavy (non-hydrogen) atoms. The van der Waals surface area contributed by atoms with Gasteiger partial charge in [-0.1, -0.05) is 6.92 Å². The van der Waals surface area contributed by atoms with E-state index in [0.29, 0.717) is 6.42 Å². The summed E-state index contributed by atoms with van der Waals surface area (Å²) in [6, 6.07) is -0.236. The molecule has 0 aromatic carbocycles. The van der Waals surface area contributed by atoms with Crippen molar-refractivity contribution in [1.29, 1.82) is 0 Å². The van der Waals surface area contributed by atoms with Gasteiger partial charge in [0.25, 0.3) is 0 Å². The number of hydrazine groups is 1. The Balaban J connectivity index is 2.82. The normalized spacial score (nSPS) is 12.3. The fourth-order valence-electron chi connectivity index (χ4n) is 1.01. The van der Waals surface area contributed by atoms with Crippen LogP contribution >= 0.6 is 0 Å². The fraction of sp³-hybridized carbons (Fsp3) is 0.500. The summed E-state index contributed by atoms with van der Waals surface area (Å²) in [5.74, 6) is 4.65. The van der Waals surface area contributed by atoms with Crippen molar-refractivity contribution < 1.29 is 9.50 Å². The number of aromatic nitrogens is 2. The lowest BCUT2D eigenvalue weighted by molar-refractivity contribution is 0.271. The first kappa shape index (κ1) is 11.6. The Morgan fingerprint density at radius 1 is 1.67 bits per heavy atom. The van der Waals surface area contributed by atoms with Gasteiger partial charge in [0.1, 0.15) is 0 Å². The summed E-state index contributed by atoms with van der Waals surface area (Å²) in [7, 11) is 0. The number of nitrogens with two attached hydrogens (primary N) is 1. The average Bonchev–Trinajstić information content (AvgIpc) is 2.28. The summed E-state index contributed by atoms with van der Waals surface area (Å²) in [5.41, 5.74) is 2.21. The molecule has 84 valence electrons. The molecule has 0 aliphatic heterocycles. The summed E-state index contributed by atoms with van der Waals surface area (Å²) >= 11 is 0. The van der Waals surface area contributed by atoms with E-state index < -0.39 is 5.82 Å². The van der Waals surface area contributed by atoms with Crippen molar-refractivity contribution in [2.24, 2.45) is 5.84 Å². The smallest absolute Gasteiger partial charge is 0.239 e. The van der Waals surface area contributed by atoms with E-state index in [0.717, 1.165) is 6.20 Å². The molecule has 0 amide bonds. The van der Waals surface area contributed by atoms with Crippen LogP contribution in [0.15, 0.2) is 6.20 Å². The monoisotopic (exact) mass is 215 g/mol. The molecule has 0 radical (unpaired) electrons. The molecule has 0 aliphatic carbocycles. The van der Waals surface area contributed by atoms with Gasteiger partial charge < -0.3 is 10.4 Å². The lowest BCUT2D eigenvalue weighted by Gasteiger charge is -2.15. The molecule has 1 rings (SSSR count). The van der Waals surface area contributed by atoms with E-state index in [2.05, 4.69) is 20.7 Å². The van der Waals surface area contributed by atoms with Crippen LogP contribution in [0, 0.1) is 5.82 Å². The van der Waals surface area contributed by atoms with Gasteiger partial charge >= 0.3 is 0 Å². The zero-order valence-corrected chi connectivity index (χ0v) is 8.37. The second-order valence-corrected chi connectivity index (χ2v) is 2.97. The first-order valence-electron chi connectivity index (χ1n) is 4.57. The largest absolute Gasteiger partial charge is 0.394 e. The van der Waals surface area contributed by atoms with Crippen molar-refractivity contribution >= 4 is 11.8 Å². The van der Waals surface area contributed by atoms with E-state index in [1.165, 1.54) is 0 Å². The second kappa shape index (κ2) is 5.42. The van der Waals surface area contributed by atoms with Crippen molar-refractivity contribution in [2.45, 2.75) is 19.4 Å². The van der Waals surface area contributed by atoms with Crippen LogP contribution in [-0.2, 0) is 0 Å². The van der Waals surface area contributed by atoms with Crippen LogP contribution in [0.1, 0.15) is 13.3 Å². The zero-order valence-electron chi connectivity index (χ0n) is 8.37.